The highest BCUT2D eigenvalue weighted by Gasteiger charge is 2.44. The topological polar surface area (TPSA) is 63.0 Å². The van der Waals surface area contributed by atoms with Crippen molar-refractivity contribution in [1.82, 2.24) is 24.5 Å². The lowest BCUT2D eigenvalue weighted by atomic mass is 9.33. The highest BCUT2D eigenvalue weighted by molar-refractivity contribution is 7.00. The van der Waals surface area contributed by atoms with Crippen LogP contribution in [0.25, 0.3) is 151 Å². The molecule has 0 saturated carbocycles. The van der Waals surface area contributed by atoms with Crippen molar-refractivity contribution in [2.45, 2.75) is 0 Å². The van der Waals surface area contributed by atoms with Crippen LogP contribution in [0, 0.1) is 0 Å². The summed E-state index contributed by atoms with van der Waals surface area (Å²) in [6, 6.07) is 149. The van der Waals surface area contributed by atoms with Gasteiger partial charge < -0.3 is 14.4 Å². The number of hydrogen-bond donors (Lipinski definition) is 0. The molecule has 522 valence electrons. The Hall–Kier alpha value is -14.9. The van der Waals surface area contributed by atoms with Crippen molar-refractivity contribution in [3.05, 3.63) is 413 Å². The molecular weight excluding hydrogens is 1360 g/mol. The van der Waals surface area contributed by atoms with Gasteiger partial charge in [-0.1, -0.05) is 303 Å². The normalized spacial score (nSPS) is 12.1. The minimum atomic E-state index is -0.117. The highest BCUT2D eigenvalue weighted by atomic mass is 15.2. The fourth-order valence-corrected chi connectivity index (χ4v) is 16.9. The number of benzene rings is 16. The fraction of sp³-hybridized carbons (Fsp3) is 0. The van der Waals surface area contributed by atoms with E-state index in [2.05, 4.69) is 403 Å². The molecule has 0 saturated heterocycles. The summed E-state index contributed by atoms with van der Waals surface area (Å²) < 4.78 is 2.41. The summed E-state index contributed by atoms with van der Waals surface area (Å²) >= 11 is 0. The fourth-order valence-electron chi connectivity index (χ4n) is 16.9. The first-order valence-electron chi connectivity index (χ1n) is 38.2. The van der Waals surface area contributed by atoms with Gasteiger partial charge in [-0.25, -0.2) is 19.9 Å². The molecule has 0 unspecified atom stereocenters. The molecule has 0 aliphatic carbocycles. The molecule has 19 aromatic rings. The first kappa shape index (κ1) is 65.4. The predicted octanol–water partition coefficient (Wildman–Crippen LogP) is 24.8. The van der Waals surface area contributed by atoms with Crippen LogP contribution in [0.2, 0.25) is 0 Å². The molecule has 16 aromatic carbocycles. The van der Waals surface area contributed by atoms with Crippen molar-refractivity contribution < 1.29 is 0 Å². The molecule has 0 bridgehead atoms. The largest absolute Gasteiger partial charge is 0.311 e. The van der Waals surface area contributed by atoms with Crippen LogP contribution in [0.1, 0.15) is 0 Å². The molecular formula is C104H68BN7. The van der Waals surface area contributed by atoms with E-state index in [1.165, 1.54) is 16.4 Å². The molecule has 0 radical (unpaired) electrons. The number of rotatable bonds is 14. The molecule has 0 spiro atoms. The third-order valence-electron chi connectivity index (χ3n) is 22.1. The third-order valence-corrected chi connectivity index (χ3v) is 22.1. The van der Waals surface area contributed by atoms with Gasteiger partial charge in [0.1, 0.15) is 0 Å². The molecule has 0 amide bonds. The minimum Gasteiger partial charge on any atom is -0.311 e. The summed E-state index contributed by atoms with van der Waals surface area (Å²) in [6.45, 7) is -0.117. The lowest BCUT2D eigenvalue weighted by Gasteiger charge is -2.44. The lowest BCUT2D eigenvalue weighted by molar-refractivity contribution is 1.14. The summed E-state index contributed by atoms with van der Waals surface area (Å²) in [5.74, 6) is 1.11. The van der Waals surface area contributed by atoms with E-state index in [-0.39, 0.29) is 6.71 Å². The standard InChI is InChI=1S/C104H68BN7/c1-9-31-69(32-10-1)78-57-79(70-33-11-2-12-34-70)60-84(59-78)111-98-51-29-26-48-90(98)105-91-49-27-30-52-99(91)112(85-61-80(71-35-13-3-14-36-71)58-81(62-85)72-37-15-4-16-38-72)101-65-82(64-100(111)102(101)105)77-53-56-97-88(63-77)86-47-25-28-50-96(86)110(97)83-54-55-87(103-106-92(73-39-17-5-18-40-73)67-93(107-103)74-41-19-6-20-42-74)89(66-83)104-108-94(75-43-21-7-22-44-75)68-95(109-104)76-45-23-8-24-46-76/h1-68H. The van der Waals surface area contributed by atoms with Crippen molar-refractivity contribution in [2.24, 2.45) is 0 Å². The Bertz CT molecular complexity index is 6370. The van der Waals surface area contributed by atoms with Gasteiger partial charge in [0, 0.05) is 84.0 Å². The Morgan fingerprint density at radius 1 is 0.196 bits per heavy atom. The first-order chi connectivity index (χ1) is 55.5. The van der Waals surface area contributed by atoms with Crippen LogP contribution in [-0.2, 0) is 0 Å². The number of nitrogens with zero attached hydrogens (tertiary/aromatic N) is 7. The zero-order valence-corrected chi connectivity index (χ0v) is 61.0. The molecule has 2 aliphatic rings. The van der Waals surface area contributed by atoms with Gasteiger partial charge in [0.25, 0.3) is 6.71 Å². The molecule has 0 atom stereocenters. The summed E-state index contributed by atoms with van der Waals surface area (Å²) in [4.78, 5) is 27.2. The van der Waals surface area contributed by atoms with Gasteiger partial charge in [0.2, 0.25) is 0 Å². The number of anilines is 6. The number of hydrogen-bond acceptors (Lipinski definition) is 6. The molecule has 0 N–H and O–H groups in total. The molecule has 21 rings (SSSR count). The maximum atomic E-state index is 5.56. The van der Waals surface area contributed by atoms with E-state index < -0.39 is 0 Å². The third kappa shape index (κ3) is 11.7. The van der Waals surface area contributed by atoms with Crippen LogP contribution in [0.3, 0.4) is 0 Å². The van der Waals surface area contributed by atoms with Gasteiger partial charge in [-0.05, 0) is 181 Å². The van der Waals surface area contributed by atoms with E-state index in [9.17, 15) is 0 Å². The van der Waals surface area contributed by atoms with Crippen LogP contribution in [0.4, 0.5) is 34.1 Å². The number of fused-ring (bicyclic) bond motifs is 7. The molecule has 3 aromatic heterocycles. The van der Waals surface area contributed by atoms with Gasteiger partial charge in [-0.15, -0.1) is 0 Å². The van der Waals surface area contributed by atoms with Crippen molar-refractivity contribution in [1.29, 1.82) is 0 Å². The van der Waals surface area contributed by atoms with Crippen LogP contribution in [-0.4, -0.2) is 31.2 Å². The maximum absolute atomic E-state index is 5.56. The Balaban J connectivity index is 0.807. The van der Waals surface area contributed by atoms with Crippen LogP contribution >= 0.6 is 0 Å². The highest BCUT2D eigenvalue weighted by Crippen LogP contribution is 2.50. The van der Waals surface area contributed by atoms with E-state index in [0.29, 0.717) is 11.6 Å². The molecule has 7 nitrogen and oxygen atoms in total. The summed E-state index contributed by atoms with van der Waals surface area (Å²) in [6.07, 6.45) is 0. The Morgan fingerprint density at radius 2 is 0.536 bits per heavy atom. The zero-order chi connectivity index (χ0) is 74.0. The smallest absolute Gasteiger partial charge is 0.252 e. The monoisotopic (exact) mass is 1430 g/mol. The van der Waals surface area contributed by atoms with Crippen LogP contribution in [0.5, 0.6) is 0 Å². The molecule has 2 aliphatic heterocycles. The molecule has 112 heavy (non-hydrogen) atoms. The van der Waals surface area contributed by atoms with Gasteiger partial charge in [-0.3, -0.25) is 0 Å². The Morgan fingerprint density at radius 3 is 0.946 bits per heavy atom. The SMILES string of the molecule is c1ccc(-c2cc(-c3ccccc3)cc(N3c4ccccc4B4c5ccccc5N(c5cc(-c6ccccc6)cc(-c6ccccc6)c5)c5cc(-c6ccc7c(c6)c6ccccc6n7-c6ccc(-c7nc(-c8ccccc8)cc(-c8ccccc8)n7)c(-c7nc(-c8ccccc8)cc(-c8ccccc8)n7)c6)cc3c54)c2)cc1. The van der Waals surface area contributed by atoms with Gasteiger partial charge in [-0.2, -0.15) is 0 Å². The second-order valence-corrected chi connectivity index (χ2v) is 28.9. The maximum Gasteiger partial charge on any atom is 0.252 e. The summed E-state index contributed by atoms with van der Waals surface area (Å²) in [5, 5.41) is 2.23. The Kier molecular flexibility index (Phi) is 16.2. The summed E-state index contributed by atoms with van der Waals surface area (Å²) in [7, 11) is 0. The van der Waals surface area contributed by atoms with Crippen molar-refractivity contribution >= 4 is 79.0 Å². The van der Waals surface area contributed by atoms with Crippen LogP contribution in [0.15, 0.2) is 413 Å². The minimum absolute atomic E-state index is 0.117. The van der Waals surface area contributed by atoms with E-state index in [1.807, 2.05) is 24.3 Å². The van der Waals surface area contributed by atoms with Crippen LogP contribution < -0.4 is 26.2 Å². The van der Waals surface area contributed by atoms with E-state index in [4.69, 9.17) is 19.9 Å². The van der Waals surface area contributed by atoms with Crippen molar-refractivity contribution in [3.8, 4) is 129 Å². The Labute approximate surface area is 650 Å². The van der Waals surface area contributed by atoms with Gasteiger partial charge in [0.05, 0.1) is 33.8 Å². The predicted molar refractivity (Wildman–Crippen MR) is 466 cm³/mol. The zero-order valence-electron chi connectivity index (χ0n) is 61.0. The number of para-hydroxylation sites is 3. The summed E-state index contributed by atoms with van der Waals surface area (Å²) in [5.41, 5.74) is 33.4. The first-order valence-corrected chi connectivity index (χ1v) is 38.2. The van der Waals surface area contributed by atoms with E-state index in [0.717, 1.165) is 173 Å². The molecule has 5 heterocycles. The second-order valence-electron chi connectivity index (χ2n) is 28.9. The van der Waals surface area contributed by atoms with Crippen molar-refractivity contribution in [2.75, 3.05) is 9.80 Å². The quantitative estimate of drug-likeness (QED) is 0.101. The van der Waals surface area contributed by atoms with E-state index in [1.54, 1.807) is 0 Å². The van der Waals surface area contributed by atoms with E-state index >= 15 is 0 Å². The molecule has 8 heteroatoms. The lowest BCUT2D eigenvalue weighted by Crippen LogP contribution is -2.61. The molecule has 0 fully saturated rings. The van der Waals surface area contributed by atoms with Gasteiger partial charge in [0.15, 0.2) is 11.6 Å². The average Bonchev–Trinajstić information content (AvgIpc) is 0.789. The van der Waals surface area contributed by atoms with Crippen molar-refractivity contribution in [3.63, 3.8) is 0 Å². The second kappa shape index (κ2) is 27.7. The number of aromatic nitrogens is 5. The average molecular weight is 1430 g/mol. The van der Waals surface area contributed by atoms with Gasteiger partial charge >= 0.3 is 0 Å².